The topological polar surface area (TPSA) is 75.4 Å². The van der Waals surface area contributed by atoms with Crippen molar-refractivity contribution in [2.75, 3.05) is 19.3 Å². The zero-order valence-electron chi connectivity index (χ0n) is 15.2. The van der Waals surface area contributed by atoms with Gasteiger partial charge in [-0.25, -0.2) is 4.79 Å². The lowest BCUT2D eigenvalue weighted by molar-refractivity contribution is 0.1000. The third kappa shape index (κ3) is 6.44. The van der Waals surface area contributed by atoms with Crippen LogP contribution in [0, 0.1) is 6.92 Å². The number of amides is 3. The molecule has 0 heterocycles. The van der Waals surface area contributed by atoms with Gasteiger partial charge in [0.15, 0.2) is 0 Å². The Hall–Kier alpha value is -2.47. The van der Waals surface area contributed by atoms with Crippen molar-refractivity contribution in [2.24, 2.45) is 5.73 Å². The Labute approximate surface area is 159 Å². The fourth-order valence-electron chi connectivity index (χ4n) is 2.36. The van der Waals surface area contributed by atoms with Gasteiger partial charge in [-0.2, -0.15) is 11.8 Å². The molecule has 0 atom stereocenters. The summed E-state index contributed by atoms with van der Waals surface area (Å²) in [6, 6.07) is 15.3. The summed E-state index contributed by atoms with van der Waals surface area (Å²) in [5.74, 6) is 1.35. The van der Waals surface area contributed by atoms with Gasteiger partial charge >= 0.3 is 6.03 Å². The Kier molecular flexibility index (Phi) is 7.53. The van der Waals surface area contributed by atoms with Crippen LogP contribution >= 0.6 is 11.8 Å². The van der Waals surface area contributed by atoms with Crippen molar-refractivity contribution in [3.63, 3.8) is 0 Å². The molecule has 0 radical (unpaired) electrons. The first-order valence-corrected chi connectivity index (χ1v) is 9.62. The Balaban J connectivity index is 1.66. The third-order valence-electron chi connectivity index (χ3n) is 3.92. The number of nitrogens with zero attached hydrogens (tertiary/aromatic N) is 1. The predicted molar refractivity (Wildman–Crippen MR) is 107 cm³/mol. The molecule has 138 valence electrons. The number of aryl methyl sites for hydroxylation is 1. The fourth-order valence-corrected chi connectivity index (χ4v) is 3.18. The highest BCUT2D eigenvalue weighted by atomic mass is 32.2. The quantitative estimate of drug-likeness (QED) is 0.700. The number of thioether (sulfide) groups is 1. The van der Waals surface area contributed by atoms with Crippen LogP contribution in [0.3, 0.4) is 0 Å². The van der Waals surface area contributed by atoms with Crippen LogP contribution in [-0.4, -0.2) is 36.2 Å². The first kappa shape index (κ1) is 19.8. The van der Waals surface area contributed by atoms with Crippen molar-refractivity contribution in [1.29, 1.82) is 0 Å². The molecule has 2 aromatic rings. The van der Waals surface area contributed by atoms with Crippen LogP contribution in [0.2, 0.25) is 0 Å². The van der Waals surface area contributed by atoms with Crippen LogP contribution in [0.15, 0.2) is 48.5 Å². The van der Waals surface area contributed by atoms with Gasteiger partial charge in [0.05, 0.1) is 0 Å². The van der Waals surface area contributed by atoms with E-state index in [2.05, 4.69) is 36.5 Å². The minimum atomic E-state index is -0.453. The van der Waals surface area contributed by atoms with Crippen LogP contribution in [0.5, 0.6) is 0 Å². The number of rotatable bonds is 8. The molecule has 2 aromatic carbocycles. The van der Waals surface area contributed by atoms with E-state index in [0.29, 0.717) is 18.7 Å². The molecule has 26 heavy (non-hydrogen) atoms. The van der Waals surface area contributed by atoms with Gasteiger partial charge in [-0.15, -0.1) is 0 Å². The second kappa shape index (κ2) is 9.87. The van der Waals surface area contributed by atoms with Crippen LogP contribution in [0.1, 0.15) is 27.0 Å². The minimum Gasteiger partial charge on any atom is -0.366 e. The molecule has 0 bridgehead atoms. The van der Waals surface area contributed by atoms with E-state index in [1.54, 1.807) is 48.0 Å². The van der Waals surface area contributed by atoms with E-state index in [0.717, 1.165) is 17.1 Å². The molecule has 0 aliphatic heterocycles. The van der Waals surface area contributed by atoms with E-state index in [-0.39, 0.29) is 6.03 Å². The summed E-state index contributed by atoms with van der Waals surface area (Å²) in [6.07, 6.45) is 0. The van der Waals surface area contributed by atoms with Gasteiger partial charge in [0.2, 0.25) is 5.91 Å². The normalized spacial score (nSPS) is 10.4. The average Bonchev–Trinajstić information content (AvgIpc) is 2.63. The Morgan fingerprint density at radius 1 is 1.04 bits per heavy atom. The van der Waals surface area contributed by atoms with Gasteiger partial charge in [-0.3, -0.25) is 4.79 Å². The maximum absolute atomic E-state index is 12.1. The summed E-state index contributed by atoms with van der Waals surface area (Å²) in [5, 5.41) is 2.92. The first-order valence-electron chi connectivity index (χ1n) is 8.46. The summed E-state index contributed by atoms with van der Waals surface area (Å²) in [6.45, 7) is 3.18. The monoisotopic (exact) mass is 371 g/mol. The number of hydrogen-bond donors (Lipinski definition) is 2. The number of urea groups is 1. The van der Waals surface area contributed by atoms with Crippen molar-refractivity contribution < 1.29 is 9.59 Å². The molecular weight excluding hydrogens is 346 g/mol. The van der Waals surface area contributed by atoms with Gasteiger partial charge in [0, 0.05) is 37.2 Å². The summed E-state index contributed by atoms with van der Waals surface area (Å²) in [4.78, 5) is 24.8. The summed E-state index contributed by atoms with van der Waals surface area (Å²) >= 11 is 1.80. The predicted octanol–water partition coefficient (Wildman–Crippen LogP) is 3.17. The second-order valence-corrected chi connectivity index (χ2v) is 7.29. The summed E-state index contributed by atoms with van der Waals surface area (Å²) < 4.78 is 0. The molecule has 2 rings (SSSR count). The Bertz CT molecular complexity index is 730. The highest BCUT2D eigenvalue weighted by Crippen LogP contribution is 2.12. The largest absolute Gasteiger partial charge is 0.366 e. The zero-order valence-corrected chi connectivity index (χ0v) is 16.0. The molecule has 0 aliphatic rings. The van der Waals surface area contributed by atoms with Gasteiger partial charge in [-0.1, -0.05) is 42.0 Å². The Morgan fingerprint density at radius 2 is 1.65 bits per heavy atom. The molecule has 3 amide bonds. The third-order valence-corrected chi connectivity index (χ3v) is 4.95. The standard InChI is InChI=1S/C20H25N3O2S/c1-15-3-5-17(6-4-15)14-26-12-11-22-20(25)23(2)13-16-7-9-18(10-8-16)19(21)24/h3-10H,11-14H2,1-2H3,(H2,21,24)(H,22,25). The first-order chi connectivity index (χ1) is 12.5. The molecule has 0 spiro atoms. The number of carbonyl (C=O) groups is 2. The van der Waals surface area contributed by atoms with Crippen LogP contribution in [0.4, 0.5) is 4.79 Å². The number of nitrogens with one attached hydrogen (secondary N) is 1. The lowest BCUT2D eigenvalue weighted by atomic mass is 10.1. The number of nitrogens with two attached hydrogens (primary N) is 1. The molecule has 0 saturated carbocycles. The molecule has 0 unspecified atom stereocenters. The molecule has 0 aromatic heterocycles. The molecule has 0 aliphatic carbocycles. The second-order valence-electron chi connectivity index (χ2n) is 6.19. The average molecular weight is 372 g/mol. The van der Waals surface area contributed by atoms with Crippen molar-refractivity contribution in [1.82, 2.24) is 10.2 Å². The van der Waals surface area contributed by atoms with E-state index >= 15 is 0 Å². The zero-order chi connectivity index (χ0) is 18.9. The van der Waals surface area contributed by atoms with E-state index in [1.807, 2.05) is 0 Å². The molecular formula is C20H25N3O2S. The maximum atomic E-state index is 12.1. The van der Waals surface area contributed by atoms with Gasteiger partial charge in [0.25, 0.3) is 0 Å². The Morgan fingerprint density at radius 3 is 2.27 bits per heavy atom. The number of primary amides is 1. The van der Waals surface area contributed by atoms with Crippen molar-refractivity contribution in [3.8, 4) is 0 Å². The smallest absolute Gasteiger partial charge is 0.317 e. The van der Waals surface area contributed by atoms with Crippen LogP contribution < -0.4 is 11.1 Å². The number of carbonyl (C=O) groups excluding carboxylic acids is 2. The summed E-state index contributed by atoms with van der Waals surface area (Å²) in [7, 11) is 1.75. The maximum Gasteiger partial charge on any atom is 0.317 e. The van der Waals surface area contributed by atoms with E-state index in [1.165, 1.54) is 11.1 Å². The van der Waals surface area contributed by atoms with E-state index < -0.39 is 5.91 Å². The van der Waals surface area contributed by atoms with Crippen LogP contribution in [0.25, 0.3) is 0 Å². The van der Waals surface area contributed by atoms with E-state index in [4.69, 9.17) is 5.73 Å². The van der Waals surface area contributed by atoms with Crippen molar-refractivity contribution in [3.05, 3.63) is 70.8 Å². The highest BCUT2D eigenvalue weighted by Gasteiger charge is 2.09. The minimum absolute atomic E-state index is 0.111. The summed E-state index contributed by atoms with van der Waals surface area (Å²) in [5.41, 5.74) is 9.19. The molecule has 5 nitrogen and oxygen atoms in total. The SMILES string of the molecule is Cc1ccc(CSCCNC(=O)N(C)Cc2ccc(C(N)=O)cc2)cc1. The highest BCUT2D eigenvalue weighted by molar-refractivity contribution is 7.98. The molecule has 6 heteroatoms. The lowest BCUT2D eigenvalue weighted by Crippen LogP contribution is -2.37. The lowest BCUT2D eigenvalue weighted by Gasteiger charge is -2.18. The molecule has 0 fully saturated rings. The van der Waals surface area contributed by atoms with Gasteiger partial charge in [-0.05, 0) is 30.2 Å². The number of benzene rings is 2. The van der Waals surface area contributed by atoms with Crippen molar-refractivity contribution in [2.45, 2.75) is 19.2 Å². The molecule has 3 N–H and O–H groups in total. The van der Waals surface area contributed by atoms with Gasteiger partial charge in [0.1, 0.15) is 0 Å². The van der Waals surface area contributed by atoms with E-state index in [9.17, 15) is 9.59 Å². The number of hydrogen-bond acceptors (Lipinski definition) is 3. The van der Waals surface area contributed by atoms with Crippen LogP contribution in [-0.2, 0) is 12.3 Å². The molecule has 0 saturated heterocycles. The fraction of sp³-hybridized carbons (Fsp3) is 0.300. The van der Waals surface area contributed by atoms with Crippen molar-refractivity contribution >= 4 is 23.7 Å². The van der Waals surface area contributed by atoms with Gasteiger partial charge < -0.3 is 16.0 Å².